The van der Waals surface area contributed by atoms with Crippen LogP contribution in [-0.2, 0) is 0 Å². The third kappa shape index (κ3) is 2.73. The Morgan fingerprint density at radius 2 is 1.77 bits per heavy atom. The second-order valence-electron chi connectivity index (χ2n) is 6.15. The van der Waals surface area contributed by atoms with E-state index in [1.54, 1.807) is 11.3 Å². The molecule has 2 heterocycles. The summed E-state index contributed by atoms with van der Waals surface area (Å²) in [5, 5.41) is 11.3. The van der Waals surface area contributed by atoms with E-state index < -0.39 is 0 Å². The van der Waals surface area contributed by atoms with Gasteiger partial charge in [-0.3, -0.25) is 0 Å². The van der Waals surface area contributed by atoms with E-state index in [9.17, 15) is 5.26 Å². The molecule has 0 saturated carbocycles. The Labute approximate surface area is 156 Å². The molecule has 0 atom stereocenters. The Kier molecular flexibility index (Phi) is 4.16. The molecule has 0 radical (unpaired) electrons. The molecular formula is C22H17N3S. The summed E-state index contributed by atoms with van der Waals surface area (Å²) in [5.74, 6) is 0. The van der Waals surface area contributed by atoms with Gasteiger partial charge in [0.25, 0.3) is 0 Å². The molecule has 0 spiro atoms. The standard InChI is InChI=1S/C22H17N3S/c1-15-12-17(16(2)25(15)18-8-4-3-5-9-18)14-24-22-20(13-23)19-10-6-7-11-21(19)26-22/h3-12,14H,1-2H3. The summed E-state index contributed by atoms with van der Waals surface area (Å²) in [5.41, 5.74) is 5.15. The van der Waals surface area contributed by atoms with Crippen LogP contribution in [0, 0.1) is 25.2 Å². The van der Waals surface area contributed by atoms with Gasteiger partial charge < -0.3 is 4.57 Å². The summed E-state index contributed by atoms with van der Waals surface area (Å²) in [6.07, 6.45) is 1.87. The molecule has 0 amide bonds. The summed E-state index contributed by atoms with van der Waals surface area (Å²) < 4.78 is 3.31. The van der Waals surface area contributed by atoms with Crippen molar-refractivity contribution >= 4 is 32.6 Å². The van der Waals surface area contributed by atoms with Crippen molar-refractivity contribution in [3.63, 3.8) is 0 Å². The van der Waals surface area contributed by atoms with Crippen molar-refractivity contribution in [3.05, 3.63) is 83.2 Å². The third-order valence-corrected chi connectivity index (χ3v) is 5.57. The number of thiophene rings is 1. The number of fused-ring (bicyclic) bond motifs is 1. The van der Waals surface area contributed by atoms with Gasteiger partial charge in [-0.2, -0.15) is 5.26 Å². The van der Waals surface area contributed by atoms with Crippen molar-refractivity contribution in [1.29, 1.82) is 5.26 Å². The smallest absolute Gasteiger partial charge is 0.135 e. The third-order valence-electron chi connectivity index (χ3n) is 4.49. The Balaban J connectivity index is 1.76. The molecule has 0 aliphatic heterocycles. The van der Waals surface area contributed by atoms with Gasteiger partial charge in [0.05, 0.1) is 5.56 Å². The number of aryl methyl sites for hydroxylation is 1. The van der Waals surface area contributed by atoms with E-state index in [0.29, 0.717) is 5.56 Å². The quantitative estimate of drug-likeness (QED) is 0.420. The van der Waals surface area contributed by atoms with Crippen molar-refractivity contribution in [3.8, 4) is 11.8 Å². The first-order valence-electron chi connectivity index (χ1n) is 8.39. The van der Waals surface area contributed by atoms with Crippen LogP contribution in [-0.4, -0.2) is 10.8 Å². The van der Waals surface area contributed by atoms with Crippen LogP contribution < -0.4 is 0 Å². The summed E-state index contributed by atoms with van der Waals surface area (Å²) in [6, 6.07) is 22.7. The second-order valence-corrected chi connectivity index (χ2v) is 7.18. The lowest BCUT2D eigenvalue weighted by atomic mass is 10.2. The minimum absolute atomic E-state index is 0.652. The SMILES string of the molecule is Cc1cc(C=Nc2sc3ccccc3c2C#N)c(C)n1-c1ccccc1. The maximum Gasteiger partial charge on any atom is 0.135 e. The number of aromatic nitrogens is 1. The highest BCUT2D eigenvalue weighted by Gasteiger charge is 2.12. The van der Waals surface area contributed by atoms with Gasteiger partial charge in [-0.05, 0) is 38.1 Å². The molecule has 4 heteroatoms. The zero-order chi connectivity index (χ0) is 18.1. The summed E-state index contributed by atoms with van der Waals surface area (Å²) in [6.45, 7) is 4.19. The summed E-state index contributed by atoms with van der Waals surface area (Å²) in [7, 11) is 0. The fourth-order valence-electron chi connectivity index (χ4n) is 3.25. The lowest BCUT2D eigenvalue weighted by Gasteiger charge is -2.08. The molecular weight excluding hydrogens is 338 g/mol. The molecule has 26 heavy (non-hydrogen) atoms. The molecule has 2 aromatic heterocycles. The van der Waals surface area contributed by atoms with Crippen LogP contribution in [0.2, 0.25) is 0 Å². The number of nitriles is 1. The second kappa shape index (κ2) is 6.62. The van der Waals surface area contributed by atoms with Gasteiger partial charge in [0.15, 0.2) is 0 Å². The molecule has 0 N–H and O–H groups in total. The van der Waals surface area contributed by atoms with Crippen molar-refractivity contribution in [1.82, 2.24) is 4.57 Å². The molecule has 0 aliphatic rings. The molecule has 0 bridgehead atoms. The van der Waals surface area contributed by atoms with Gasteiger partial charge in [0.1, 0.15) is 11.1 Å². The van der Waals surface area contributed by atoms with Gasteiger partial charge in [-0.15, -0.1) is 11.3 Å². The topological polar surface area (TPSA) is 41.1 Å². The molecule has 126 valence electrons. The van der Waals surface area contributed by atoms with Crippen molar-refractivity contribution in [2.45, 2.75) is 13.8 Å². The van der Waals surface area contributed by atoms with Crippen molar-refractivity contribution < 1.29 is 0 Å². The number of aliphatic imine (C=N–C) groups is 1. The van der Waals surface area contributed by atoms with Gasteiger partial charge in [-0.25, -0.2) is 4.99 Å². The van der Waals surface area contributed by atoms with Crippen molar-refractivity contribution in [2.24, 2.45) is 4.99 Å². The van der Waals surface area contributed by atoms with E-state index in [2.05, 4.69) is 47.7 Å². The number of nitrogens with zero attached hydrogens (tertiary/aromatic N) is 3. The van der Waals surface area contributed by atoms with Gasteiger partial charge >= 0.3 is 0 Å². The van der Waals surface area contributed by atoms with Crippen LogP contribution in [0.1, 0.15) is 22.5 Å². The van der Waals surface area contributed by atoms with E-state index >= 15 is 0 Å². The highest BCUT2D eigenvalue weighted by Crippen LogP contribution is 2.37. The first-order valence-corrected chi connectivity index (χ1v) is 9.21. The highest BCUT2D eigenvalue weighted by molar-refractivity contribution is 7.22. The van der Waals surface area contributed by atoms with Crippen LogP contribution in [0.5, 0.6) is 0 Å². The first kappa shape index (κ1) is 16.3. The molecule has 0 unspecified atom stereocenters. The van der Waals surface area contributed by atoms with E-state index in [4.69, 9.17) is 0 Å². The fourth-order valence-corrected chi connectivity index (χ4v) is 4.25. The Morgan fingerprint density at radius 1 is 1.04 bits per heavy atom. The molecule has 0 saturated heterocycles. The number of para-hydroxylation sites is 1. The summed E-state index contributed by atoms with van der Waals surface area (Å²) >= 11 is 1.55. The molecule has 0 aliphatic carbocycles. The fraction of sp³-hybridized carbons (Fsp3) is 0.0909. The minimum Gasteiger partial charge on any atom is -0.318 e. The zero-order valence-electron chi connectivity index (χ0n) is 14.6. The normalized spacial score (nSPS) is 11.3. The Hall–Kier alpha value is -3.16. The largest absolute Gasteiger partial charge is 0.318 e. The van der Waals surface area contributed by atoms with Crippen molar-refractivity contribution in [2.75, 3.05) is 0 Å². The minimum atomic E-state index is 0.652. The van der Waals surface area contributed by atoms with Crippen LogP contribution >= 0.6 is 11.3 Å². The van der Waals surface area contributed by atoms with Crippen LogP contribution in [0.25, 0.3) is 15.8 Å². The van der Waals surface area contributed by atoms with E-state index in [-0.39, 0.29) is 0 Å². The van der Waals surface area contributed by atoms with E-state index in [1.807, 2.05) is 48.7 Å². The van der Waals surface area contributed by atoms with Gasteiger partial charge in [-0.1, -0.05) is 36.4 Å². The average molecular weight is 355 g/mol. The molecule has 4 aromatic rings. The average Bonchev–Trinajstić information content (AvgIpc) is 3.16. The predicted molar refractivity (Wildman–Crippen MR) is 109 cm³/mol. The Morgan fingerprint density at radius 3 is 2.54 bits per heavy atom. The van der Waals surface area contributed by atoms with Gasteiger partial charge in [0.2, 0.25) is 0 Å². The van der Waals surface area contributed by atoms with Crippen LogP contribution in [0.4, 0.5) is 5.00 Å². The predicted octanol–water partition coefficient (Wildman–Crippen LogP) is 5.93. The number of rotatable bonds is 3. The molecule has 3 nitrogen and oxygen atoms in total. The number of benzene rings is 2. The number of hydrogen-bond donors (Lipinski definition) is 0. The molecule has 4 rings (SSSR count). The zero-order valence-corrected chi connectivity index (χ0v) is 15.4. The lowest BCUT2D eigenvalue weighted by Crippen LogP contribution is -1.98. The van der Waals surface area contributed by atoms with E-state index in [0.717, 1.165) is 37.7 Å². The lowest BCUT2D eigenvalue weighted by molar-refractivity contribution is 0.965. The summed E-state index contributed by atoms with van der Waals surface area (Å²) in [4.78, 5) is 4.65. The van der Waals surface area contributed by atoms with Crippen LogP contribution in [0.15, 0.2) is 65.7 Å². The Bertz CT molecular complexity index is 1160. The van der Waals surface area contributed by atoms with Crippen LogP contribution in [0.3, 0.4) is 0 Å². The number of hydrogen-bond acceptors (Lipinski definition) is 3. The maximum absolute atomic E-state index is 9.53. The van der Waals surface area contributed by atoms with Gasteiger partial charge in [0, 0.05) is 38.9 Å². The highest BCUT2D eigenvalue weighted by atomic mass is 32.1. The monoisotopic (exact) mass is 355 g/mol. The van der Waals surface area contributed by atoms with E-state index in [1.165, 1.54) is 0 Å². The maximum atomic E-state index is 9.53. The molecule has 0 fully saturated rings. The first-order chi connectivity index (χ1) is 12.7. The molecule has 2 aromatic carbocycles.